The van der Waals surface area contributed by atoms with E-state index in [0.717, 1.165) is 40.9 Å². The summed E-state index contributed by atoms with van der Waals surface area (Å²) in [6.45, 7) is 4.53. The summed E-state index contributed by atoms with van der Waals surface area (Å²) in [4.78, 5) is 21.8. The van der Waals surface area contributed by atoms with Gasteiger partial charge in [0.25, 0.3) is 0 Å². The van der Waals surface area contributed by atoms with Crippen LogP contribution in [0.2, 0.25) is 0 Å². The lowest BCUT2D eigenvalue weighted by Crippen LogP contribution is -2.35. The zero-order valence-corrected chi connectivity index (χ0v) is 17.0. The number of dihydropyridines is 1. The first-order valence-electron chi connectivity index (χ1n) is 9.92. The van der Waals surface area contributed by atoms with E-state index < -0.39 is 0 Å². The fourth-order valence-corrected chi connectivity index (χ4v) is 3.46. The molecule has 1 atom stereocenters. The van der Waals surface area contributed by atoms with Crippen LogP contribution < -0.4 is 10.6 Å². The average Bonchev–Trinajstić information content (AvgIpc) is 3.49. The Morgan fingerprint density at radius 3 is 2.86 bits per heavy atom. The Kier molecular flexibility index (Phi) is 5.40. The number of aryl methyl sites for hydroxylation is 2. The van der Waals surface area contributed by atoms with Crippen LogP contribution in [0.1, 0.15) is 29.5 Å². The van der Waals surface area contributed by atoms with E-state index in [4.69, 9.17) is 0 Å². The van der Waals surface area contributed by atoms with Gasteiger partial charge in [-0.25, -0.2) is 9.67 Å². The molecule has 0 spiro atoms. The van der Waals surface area contributed by atoms with Crippen molar-refractivity contribution in [2.24, 2.45) is 10.9 Å². The Hall–Kier alpha value is -3.06. The average molecular weight is 390 g/mol. The molecule has 0 amide bonds. The number of Topliss-reactive ketones (excluding diaryl/α,β-unsaturated/α-hetero) is 1. The Morgan fingerprint density at radius 2 is 2.21 bits per heavy atom. The van der Waals surface area contributed by atoms with Crippen molar-refractivity contribution in [3.63, 3.8) is 0 Å². The van der Waals surface area contributed by atoms with Gasteiger partial charge in [0.05, 0.1) is 24.5 Å². The van der Waals surface area contributed by atoms with Gasteiger partial charge in [-0.15, -0.1) is 0 Å². The molecule has 3 heterocycles. The Bertz CT molecular complexity index is 1010. The Balaban J connectivity index is 1.52. The number of carbonyl (C=O) groups excluding carboxylic acids is 1. The van der Waals surface area contributed by atoms with Gasteiger partial charge in [0, 0.05) is 30.1 Å². The lowest BCUT2D eigenvalue weighted by atomic mass is 9.99. The molecule has 7 nitrogen and oxygen atoms in total. The molecule has 2 aromatic heterocycles. The molecule has 0 radical (unpaired) electrons. The molecule has 1 saturated carbocycles. The van der Waals surface area contributed by atoms with E-state index in [1.807, 2.05) is 58.0 Å². The van der Waals surface area contributed by atoms with Crippen molar-refractivity contribution < 1.29 is 4.79 Å². The SMILES string of the molecule is CNC1C=CNC(C(=O)C2CC2)=C1C=NCc1cnc(-n2cc(C)cn2)c(C)c1. The van der Waals surface area contributed by atoms with E-state index >= 15 is 0 Å². The number of nitrogens with zero attached hydrogens (tertiary/aromatic N) is 4. The molecule has 2 aliphatic rings. The minimum absolute atomic E-state index is 0.0250. The predicted octanol–water partition coefficient (Wildman–Crippen LogP) is 2.39. The van der Waals surface area contributed by atoms with E-state index in [0.29, 0.717) is 12.2 Å². The summed E-state index contributed by atoms with van der Waals surface area (Å²) in [5, 5.41) is 10.7. The standard InChI is InChI=1S/C22H26N6O/c1-14-9-27-28(13-14)22-15(2)8-16(11-26-22)10-24-12-18-19(23-3)6-7-25-20(18)21(29)17-4-5-17/h6-9,11-13,17,19,23,25H,4-5,10H2,1-3H3. The summed E-state index contributed by atoms with van der Waals surface area (Å²) in [6, 6.07) is 2.05. The molecule has 1 fully saturated rings. The second kappa shape index (κ2) is 8.13. The van der Waals surface area contributed by atoms with Crippen LogP contribution in [0.25, 0.3) is 5.82 Å². The number of ketones is 1. The number of aromatic nitrogens is 3. The fraction of sp³-hybridized carbons (Fsp3) is 0.364. The summed E-state index contributed by atoms with van der Waals surface area (Å²) in [6.07, 6.45) is 13.2. The number of likely N-dealkylation sites (N-methyl/N-ethyl adjacent to an activating group) is 1. The van der Waals surface area contributed by atoms with Crippen LogP contribution in [-0.2, 0) is 11.3 Å². The smallest absolute Gasteiger partial charge is 0.182 e. The zero-order valence-electron chi connectivity index (χ0n) is 17.0. The number of carbonyl (C=O) groups is 1. The molecule has 0 aromatic carbocycles. The maximum absolute atomic E-state index is 12.6. The van der Waals surface area contributed by atoms with Gasteiger partial charge in [0.1, 0.15) is 0 Å². The van der Waals surface area contributed by atoms with Crippen molar-refractivity contribution in [3.8, 4) is 5.82 Å². The van der Waals surface area contributed by atoms with E-state index in [1.54, 1.807) is 4.68 Å². The quantitative estimate of drug-likeness (QED) is 0.709. The zero-order chi connectivity index (χ0) is 20.4. The minimum Gasteiger partial charge on any atom is -0.359 e. The van der Waals surface area contributed by atoms with Crippen molar-refractivity contribution in [2.45, 2.75) is 39.3 Å². The summed E-state index contributed by atoms with van der Waals surface area (Å²) in [5.74, 6) is 1.17. The highest BCUT2D eigenvalue weighted by Gasteiger charge is 2.34. The van der Waals surface area contributed by atoms with Crippen molar-refractivity contribution in [3.05, 3.63) is 64.9 Å². The predicted molar refractivity (Wildman–Crippen MR) is 113 cm³/mol. The molecular weight excluding hydrogens is 364 g/mol. The minimum atomic E-state index is -0.0250. The molecular formula is C22H26N6O. The molecule has 1 unspecified atom stereocenters. The lowest BCUT2D eigenvalue weighted by Gasteiger charge is -2.22. The largest absolute Gasteiger partial charge is 0.359 e. The van der Waals surface area contributed by atoms with E-state index in [9.17, 15) is 4.79 Å². The second-order valence-electron chi connectivity index (χ2n) is 7.65. The van der Waals surface area contributed by atoms with Gasteiger partial charge in [0.2, 0.25) is 0 Å². The van der Waals surface area contributed by atoms with Gasteiger partial charge in [-0.2, -0.15) is 5.10 Å². The maximum Gasteiger partial charge on any atom is 0.182 e. The third-order valence-electron chi connectivity index (χ3n) is 5.19. The Morgan fingerprint density at radius 1 is 1.38 bits per heavy atom. The molecule has 1 aliphatic heterocycles. The topological polar surface area (TPSA) is 84.2 Å². The molecule has 0 saturated heterocycles. The first-order valence-corrected chi connectivity index (χ1v) is 9.92. The van der Waals surface area contributed by atoms with Gasteiger partial charge in [-0.3, -0.25) is 9.79 Å². The van der Waals surface area contributed by atoms with Crippen LogP contribution in [0.4, 0.5) is 0 Å². The first-order chi connectivity index (χ1) is 14.1. The highest BCUT2D eigenvalue weighted by molar-refractivity contribution is 6.04. The van der Waals surface area contributed by atoms with Crippen LogP contribution in [0.15, 0.2) is 53.2 Å². The summed E-state index contributed by atoms with van der Waals surface area (Å²) < 4.78 is 1.79. The lowest BCUT2D eigenvalue weighted by molar-refractivity contribution is -0.117. The molecule has 2 aromatic rings. The molecule has 2 N–H and O–H groups in total. The van der Waals surface area contributed by atoms with Gasteiger partial charge in [-0.1, -0.05) is 0 Å². The molecule has 29 heavy (non-hydrogen) atoms. The molecule has 150 valence electrons. The summed E-state index contributed by atoms with van der Waals surface area (Å²) in [7, 11) is 1.89. The van der Waals surface area contributed by atoms with Crippen LogP contribution in [0, 0.1) is 19.8 Å². The highest BCUT2D eigenvalue weighted by atomic mass is 16.1. The van der Waals surface area contributed by atoms with E-state index in [1.165, 1.54) is 0 Å². The van der Waals surface area contributed by atoms with Gasteiger partial charge >= 0.3 is 0 Å². The van der Waals surface area contributed by atoms with E-state index in [2.05, 4.69) is 31.8 Å². The van der Waals surface area contributed by atoms with Gasteiger partial charge < -0.3 is 10.6 Å². The van der Waals surface area contributed by atoms with Crippen LogP contribution in [-0.4, -0.2) is 39.9 Å². The normalized spacial score (nSPS) is 19.1. The number of hydrogen-bond acceptors (Lipinski definition) is 6. The number of hydrogen-bond donors (Lipinski definition) is 2. The summed E-state index contributed by atoms with van der Waals surface area (Å²) in [5.41, 5.74) is 4.71. The van der Waals surface area contributed by atoms with Crippen LogP contribution in [0.3, 0.4) is 0 Å². The van der Waals surface area contributed by atoms with Crippen molar-refractivity contribution in [1.82, 2.24) is 25.4 Å². The Labute approximate surface area is 170 Å². The molecule has 0 bridgehead atoms. The van der Waals surface area contributed by atoms with E-state index in [-0.39, 0.29) is 17.7 Å². The fourth-order valence-electron chi connectivity index (χ4n) is 3.46. The van der Waals surface area contributed by atoms with Crippen LogP contribution >= 0.6 is 0 Å². The first kappa shape index (κ1) is 19.3. The number of allylic oxidation sites excluding steroid dienone is 1. The molecule has 4 rings (SSSR count). The number of pyridine rings is 1. The van der Waals surface area contributed by atoms with Gasteiger partial charge in [0.15, 0.2) is 11.6 Å². The third-order valence-corrected chi connectivity index (χ3v) is 5.19. The summed E-state index contributed by atoms with van der Waals surface area (Å²) >= 11 is 0. The molecule has 1 aliphatic carbocycles. The number of nitrogens with one attached hydrogen (secondary N) is 2. The van der Waals surface area contributed by atoms with Gasteiger partial charge in [-0.05, 0) is 68.8 Å². The third kappa shape index (κ3) is 4.19. The molecule has 7 heteroatoms. The highest BCUT2D eigenvalue weighted by Crippen LogP contribution is 2.33. The van der Waals surface area contributed by atoms with Crippen LogP contribution in [0.5, 0.6) is 0 Å². The number of aliphatic imine (C=N–C) groups is 1. The monoisotopic (exact) mass is 390 g/mol. The maximum atomic E-state index is 12.6. The number of rotatable bonds is 7. The van der Waals surface area contributed by atoms with Crippen molar-refractivity contribution in [2.75, 3.05) is 7.05 Å². The van der Waals surface area contributed by atoms with Crippen molar-refractivity contribution in [1.29, 1.82) is 0 Å². The van der Waals surface area contributed by atoms with Crippen molar-refractivity contribution >= 4 is 12.0 Å². The second-order valence-corrected chi connectivity index (χ2v) is 7.65.